The van der Waals surface area contributed by atoms with Gasteiger partial charge in [0.25, 0.3) is 0 Å². The summed E-state index contributed by atoms with van der Waals surface area (Å²) in [5.41, 5.74) is 21.2. The van der Waals surface area contributed by atoms with Crippen LogP contribution in [-0.4, -0.2) is 7.05 Å². The molecule has 338 valence electrons. The van der Waals surface area contributed by atoms with Crippen LogP contribution in [0.3, 0.4) is 0 Å². The summed E-state index contributed by atoms with van der Waals surface area (Å²) in [5, 5.41) is 0. The van der Waals surface area contributed by atoms with Crippen molar-refractivity contribution in [3.8, 4) is 44.5 Å². The van der Waals surface area contributed by atoms with Crippen LogP contribution >= 0.6 is 0 Å². The van der Waals surface area contributed by atoms with Crippen LogP contribution in [0.25, 0.3) is 44.5 Å². The highest BCUT2D eigenvalue weighted by Gasteiger charge is 2.27. The lowest BCUT2D eigenvalue weighted by Crippen LogP contribution is -2.12. The molecule has 0 aromatic heterocycles. The van der Waals surface area contributed by atoms with Crippen molar-refractivity contribution in [2.24, 2.45) is 0 Å². The van der Waals surface area contributed by atoms with Crippen LogP contribution in [0.5, 0.6) is 0 Å². The molecule has 0 atom stereocenters. The molecule has 0 unspecified atom stereocenters. The zero-order chi connectivity index (χ0) is 47.5. The maximum absolute atomic E-state index is 2.41. The summed E-state index contributed by atoms with van der Waals surface area (Å²) in [7, 11) is 2.16. The molecule has 0 radical (unpaired) electrons. The van der Waals surface area contributed by atoms with E-state index in [2.05, 4.69) is 312 Å². The zero-order valence-electron chi connectivity index (χ0n) is 39.4. The van der Waals surface area contributed by atoms with Gasteiger partial charge in [-0.1, -0.05) is 152 Å². The fraction of sp³-hybridized carbons (Fsp3) is 0.0149. The molecule has 0 saturated heterocycles. The summed E-state index contributed by atoms with van der Waals surface area (Å²) in [6.45, 7) is 0. The Bertz CT molecular complexity index is 3380. The molecule has 0 bridgehead atoms. The maximum atomic E-state index is 2.41. The molecule has 0 aliphatic heterocycles. The number of hydrogen-bond donors (Lipinski definition) is 0. The summed E-state index contributed by atoms with van der Waals surface area (Å²) < 4.78 is 0. The van der Waals surface area contributed by atoms with E-state index in [0.717, 1.165) is 107 Å². The first kappa shape index (κ1) is 42.9. The Morgan fingerprint density at radius 3 is 0.606 bits per heavy atom. The van der Waals surface area contributed by atoms with E-state index in [1.165, 1.54) is 0 Å². The Morgan fingerprint density at radius 1 is 0.169 bits per heavy atom. The minimum atomic E-state index is 1.07. The molecule has 4 nitrogen and oxygen atoms in total. The molecule has 0 heterocycles. The number of rotatable bonds is 11. The number of anilines is 11. The summed E-state index contributed by atoms with van der Waals surface area (Å²) in [6.07, 6.45) is 0. The van der Waals surface area contributed by atoms with E-state index in [1.807, 2.05) is 0 Å². The molecule has 0 amide bonds. The standard InChI is InChI=1S/C67H50N4/c1-68(49-23-9-2-10-24-49)56-37-41-60-64(45-56)61-42-38-57(69(50-25-11-3-12-26-50)51-27-13-4-14-28-51)47-66(61)63-44-40-59(71(54-33-19-7-20-34-54)55-35-21-8-22-36-55)48-67(63)62-43-39-58(46-65(60)62)70(52-29-15-5-16-30-52)53-31-17-6-18-32-53/h2-48H,1H3. The van der Waals surface area contributed by atoms with Crippen molar-refractivity contribution in [1.82, 2.24) is 0 Å². The minimum absolute atomic E-state index is 1.07. The quantitative estimate of drug-likeness (QED) is 0.128. The SMILES string of the molecule is CN(c1ccccc1)c1ccc2c(c1)-c1ccc(N(c3ccccc3)c3ccccc3)cc1-c1ccc(N(c3ccccc3)c3ccccc3)cc1-c1ccc(N(c3ccccc3)c3ccccc3)cc1-2. The van der Waals surface area contributed by atoms with E-state index in [1.54, 1.807) is 0 Å². The monoisotopic (exact) mass is 910 g/mol. The number of fused-ring (bicyclic) bond motifs is 8. The largest absolute Gasteiger partial charge is 0.345 e. The maximum Gasteiger partial charge on any atom is 0.0468 e. The van der Waals surface area contributed by atoms with Crippen molar-refractivity contribution >= 4 is 62.6 Å². The molecule has 1 aliphatic rings. The van der Waals surface area contributed by atoms with E-state index >= 15 is 0 Å². The number of benzene rings is 11. The first-order valence-electron chi connectivity index (χ1n) is 24.2. The molecular formula is C67H50N4. The third kappa shape index (κ3) is 8.28. The van der Waals surface area contributed by atoms with Crippen LogP contribution in [0.4, 0.5) is 62.6 Å². The summed E-state index contributed by atoms with van der Waals surface area (Å²) in [4.78, 5) is 9.37. The number of nitrogens with zero attached hydrogens (tertiary/aromatic N) is 4. The van der Waals surface area contributed by atoms with Crippen molar-refractivity contribution in [2.45, 2.75) is 0 Å². The van der Waals surface area contributed by atoms with Gasteiger partial charge in [0, 0.05) is 69.6 Å². The van der Waals surface area contributed by atoms with E-state index in [0.29, 0.717) is 0 Å². The minimum Gasteiger partial charge on any atom is -0.345 e. The van der Waals surface area contributed by atoms with Gasteiger partial charge in [-0.15, -0.1) is 0 Å². The van der Waals surface area contributed by atoms with Gasteiger partial charge in [0.1, 0.15) is 0 Å². The van der Waals surface area contributed by atoms with Crippen LogP contribution in [0.1, 0.15) is 0 Å². The lowest BCUT2D eigenvalue weighted by molar-refractivity contribution is 1.21. The smallest absolute Gasteiger partial charge is 0.0468 e. The average Bonchev–Trinajstić information content (AvgIpc) is 3.44. The van der Waals surface area contributed by atoms with E-state index < -0.39 is 0 Å². The second-order valence-electron chi connectivity index (χ2n) is 17.8. The molecular weight excluding hydrogens is 861 g/mol. The van der Waals surface area contributed by atoms with Gasteiger partial charge in [0.15, 0.2) is 0 Å². The van der Waals surface area contributed by atoms with Gasteiger partial charge in [-0.05, 0) is 178 Å². The predicted molar refractivity (Wildman–Crippen MR) is 300 cm³/mol. The molecule has 0 spiro atoms. The fourth-order valence-corrected chi connectivity index (χ4v) is 10.2. The molecule has 0 fully saturated rings. The molecule has 11 aromatic rings. The Kier molecular flexibility index (Phi) is 11.5. The van der Waals surface area contributed by atoms with E-state index in [4.69, 9.17) is 0 Å². The molecule has 12 rings (SSSR count). The average molecular weight is 911 g/mol. The third-order valence-corrected chi connectivity index (χ3v) is 13.6. The Labute approximate surface area is 416 Å². The Balaban J connectivity index is 1.16. The lowest BCUT2D eigenvalue weighted by Gasteiger charge is -2.31. The second-order valence-corrected chi connectivity index (χ2v) is 17.8. The van der Waals surface area contributed by atoms with Gasteiger partial charge in [0.2, 0.25) is 0 Å². The third-order valence-electron chi connectivity index (χ3n) is 13.6. The van der Waals surface area contributed by atoms with Crippen molar-refractivity contribution in [3.05, 3.63) is 285 Å². The highest BCUT2D eigenvalue weighted by atomic mass is 15.2. The summed E-state index contributed by atoms with van der Waals surface area (Å²) >= 11 is 0. The van der Waals surface area contributed by atoms with E-state index in [-0.39, 0.29) is 0 Å². The Hall–Kier alpha value is -9.38. The molecule has 0 saturated carbocycles. The Morgan fingerprint density at radius 2 is 0.366 bits per heavy atom. The molecule has 0 N–H and O–H groups in total. The van der Waals surface area contributed by atoms with Crippen LogP contribution in [0.2, 0.25) is 0 Å². The van der Waals surface area contributed by atoms with E-state index in [9.17, 15) is 0 Å². The van der Waals surface area contributed by atoms with Gasteiger partial charge < -0.3 is 19.6 Å². The first-order valence-corrected chi connectivity index (χ1v) is 24.2. The molecule has 11 aromatic carbocycles. The molecule has 4 heteroatoms. The zero-order valence-corrected chi connectivity index (χ0v) is 39.4. The lowest BCUT2D eigenvalue weighted by atomic mass is 9.80. The number of para-hydroxylation sites is 7. The molecule has 71 heavy (non-hydrogen) atoms. The van der Waals surface area contributed by atoms with Gasteiger partial charge >= 0.3 is 0 Å². The van der Waals surface area contributed by atoms with Gasteiger partial charge in [-0.3, -0.25) is 0 Å². The van der Waals surface area contributed by atoms with Crippen molar-refractivity contribution < 1.29 is 0 Å². The second kappa shape index (κ2) is 19.0. The predicted octanol–water partition coefficient (Wildman–Crippen LogP) is 18.8. The summed E-state index contributed by atoms with van der Waals surface area (Å²) in [5.74, 6) is 0. The highest BCUT2D eigenvalue weighted by Crippen LogP contribution is 2.53. The van der Waals surface area contributed by atoms with Gasteiger partial charge in [0.05, 0.1) is 0 Å². The number of hydrogen-bond acceptors (Lipinski definition) is 4. The fourth-order valence-electron chi connectivity index (χ4n) is 10.2. The van der Waals surface area contributed by atoms with Crippen LogP contribution < -0.4 is 19.6 Å². The van der Waals surface area contributed by atoms with Crippen molar-refractivity contribution in [1.29, 1.82) is 0 Å². The first-order chi connectivity index (χ1) is 35.2. The van der Waals surface area contributed by atoms with Crippen LogP contribution in [0, 0.1) is 0 Å². The van der Waals surface area contributed by atoms with Crippen molar-refractivity contribution in [2.75, 3.05) is 26.6 Å². The normalized spacial score (nSPS) is 11.2. The van der Waals surface area contributed by atoms with Crippen LogP contribution in [0.15, 0.2) is 285 Å². The summed E-state index contributed by atoms with van der Waals surface area (Å²) in [6, 6.07) is 103. The van der Waals surface area contributed by atoms with Gasteiger partial charge in [-0.2, -0.15) is 0 Å². The molecule has 1 aliphatic carbocycles. The topological polar surface area (TPSA) is 13.0 Å². The highest BCUT2D eigenvalue weighted by molar-refractivity contribution is 6.06. The van der Waals surface area contributed by atoms with Crippen LogP contribution in [-0.2, 0) is 0 Å². The van der Waals surface area contributed by atoms with Crippen molar-refractivity contribution in [3.63, 3.8) is 0 Å². The van der Waals surface area contributed by atoms with Gasteiger partial charge in [-0.25, -0.2) is 0 Å².